The van der Waals surface area contributed by atoms with Crippen LogP contribution in [0.5, 0.6) is 0 Å². The summed E-state index contributed by atoms with van der Waals surface area (Å²) in [6, 6.07) is 4.23. The van der Waals surface area contributed by atoms with Crippen LogP contribution in [0.25, 0.3) is 0 Å². The molecule has 1 atom stereocenters. The summed E-state index contributed by atoms with van der Waals surface area (Å²) < 4.78 is 7.62. The van der Waals surface area contributed by atoms with Crippen LogP contribution in [-0.2, 0) is 6.54 Å². The minimum atomic E-state index is 0.156. The molecule has 1 fully saturated rings. The molecule has 5 nitrogen and oxygen atoms in total. The monoisotopic (exact) mass is 260 g/mol. The molecule has 0 unspecified atom stereocenters. The maximum absolute atomic E-state index is 5.57. The van der Waals surface area contributed by atoms with Crippen molar-refractivity contribution in [3.8, 4) is 0 Å². The first-order chi connectivity index (χ1) is 9.38. The Morgan fingerprint density at radius 2 is 2.00 bits per heavy atom. The fourth-order valence-electron chi connectivity index (χ4n) is 3.03. The van der Waals surface area contributed by atoms with Crippen molar-refractivity contribution in [2.24, 2.45) is 11.7 Å². The van der Waals surface area contributed by atoms with E-state index >= 15 is 0 Å². The standard InChI is InChI=1S/C14H20N4O/c15-10-12-16-14(19-17-12)13(18-8-4-5-9-18)11-6-2-1-3-7-11/h4-5,8-9,11,13H,1-3,6-7,10,15H2/t13-/m1/s1. The van der Waals surface area contributed by atoms with E-state index in [4.69, 9.17) is 10.3 Å². The Bertz CT molecular complexity index is 499. The lowest BCUT2D eigenvalue weighted by molar-refractivity contribution is 0.229. The van der Waals surface area contributed by atoms with Crippen molar-refractivity contribution in [3.63, 3.8) is 0 Å². The molecule has 2 heterocycles. The van der Waals surface area contributed by atoms with E-state index in [1.165, 1.54) is 32.1 Å². The van der Waals surface area contributed by atoms with Gasteiger partial charge in [0.1, 0.15) is 6.04 Å². The summed E-state index contributed by atoms with van der Waals surface area (Å²) in [5, 5.41) is 3.94. The molecule has 2 aromatic heterocycles. The lowest BCUT2D eigenvalue weighted by Crippen LogP contribution is -2.22. The summed E-state index contributed by atoms with van der Waals surface area (Å²) in [6.07, 6.45) is 10.5. The highest BCUT2D eigenvalue weighted by Gasteiger charge is 2.30. The van der Waals surface area contributed by atoms with Gasteiger partial charge in [-0.2, -0.15) is 4.98 Å². The first kappa shape index (κ1) is 12.4. The van der Waals surface area contributed by atoms with Crippen LogP contribution in [0.1, 0.15) is 49.9 Å². The van der Waals surface area contributed by atoms with Gasteiger partial charge in [0, 0.05) is 12.4 Å². The first-order valence-corrected chi connectivity index (χ1v) is 7.03. The lowest BCUT2D eigenvalue weighted by Gasteiger charge is -2.28. The molecular weight excluding hydrogens is 240 g/mol. The maximum atomic E-state index is 5.57. The minimum absolute atomic E-state index is 0.156. The molecule has 0 bridgehead atoms. The molecule has 0 spiro atoms. The second-order valence-corrected chi connectivity index (χ2v) is 5.23. The van der Waals surface area contributed by atoms with Crippen molar-refractivity contribution < 1.29 is 4.52 Å². The van der Waals surface area contributed by atoms with E-state index in [1.807, 2.05) is 12.1 Å². The van der Waals surface area contributed by atoms with Gasteiger partial charge in [0.25, 0.3) is 0 Å². The molecule has 0 saturated heterocycles. The van der Waals surface area contributed by atoms with Crippen molar-refractivity contribution in [2.75, 3.05) is 0 Å². The van der Waals surface area contributed by atoms with Crippen molar-refractivity contribution >= 4 is 0 Å². The van der Waals surface area contributed by atoms with Gasteiger partial charge in [0.2, 0.25) is 5.89 Å². The van der Waals surface area contributed by atoms with Crippen LogP contribution < -0.4 is 5.73 Å². The molecule has 102 valence electrons. The van der Waals surface area contributed by atoms with Crippen molar-refractivity contribution in [1.82, 2.24) is 14.7 Å². The highest BCUT2D eigenvalue weighted by Crippen LogP contribution is 2.36. The van der Waals surface area contributed by atoms with Gasteiger partial charge in [-0.3, -0.25) is 0 Å². The third kappa shape index (κ3) is 2.56. The average Bonchev–Trinajstić information content (AvgIpc) is 3.12. The third-order valence-corrected chi connectivity index (χ3v) is 3.96. The Morgan fingerprint density at radius 1 is 1.26 bits per heavy atom. The molecule has 3 rings (SSSR count). The number of rotatable bonds is 4. The van der Waals surface area contributed by atoms with Crippen LogP contribution in [0.15, 0.2) is 29.0 Å². The minimum Gasteiger partial charge on any atom is -0.342 e. The van der Waals surface area contributed by atoms with E-state index in [-0.39, 0.29) is 6.04 Å². The van der Waals surface area contributed by atoms with Crippen LogP contribution in [0.2, 0.25) is 0 Å². The lowest BCUT2D eigenvalue weighted by atomic mass is 9.83. The van der Waals surface area contributed by atoms with E-state index in [2.05, 4.69) is 27.1 Å². The molecule has 2 aromatic rings. The van der Waals surface area contributed by atoms with Crippen LogP contribution in [0.3, 0.4) is 0 Å². The molecule has 0 amide bonds. The predicted octanol–water partition coefficient (Wildman–Crippen LogP) is 2.50. The van der Waals surface area contributed by atoms with Gasteiger partial charge in [-0.1, -0.05) is 24.4 Å². The van der Waals surface area contributed by atoms with E-state index < -0.39 is 0 Å². The van der Waals surface area contributed by atoms with Gasteiger partial charge in [0.15, 0.2) is 5.82 Å². The van der Waals surface area contributed by atoms with E-state index in [0.29, 0.717) is 24.2 Å². The zero-order chi connectivity index (χ0) is 13.1. The van der Waals surface area contributed by atoms with Gasteiger partial charge < -0.3 is 14.8 Å². The molecule has 1 aliphatic rings. The SMILES string of the molecule is NCc1noc([C@@H](C2CCCCC2)n2cccc2)n1. The summed E-state index contributed by atoms with van der Waals surface area (Å²) in [5.41, 5.74) is 5.57. The van der Waals surface area contributed by atoms with Crippen molar-refractivity contribution in [1.29, 1.82) is 0 Å². The normalized spacial score (nSPS) is 18.6. The summed E-state index contributed by atoms with van der Waals surface area (Å²) in [4.78, 5) is 4.44. The van der Waals surface area contributed by atoms with Gasteiger partial charge in [-0.05, 0) is 30.9 Å². The Morgan fingerprint density at radius 3 is 2.63 bits per heavy atom. The van der Waals surface area contributed by atoms with Crippen LogP contribution >= 0.6 is 0 Å². The van der Waals surface area contributed by atoms with Crippen LogP contribution in [-0.4, -0.2) is 14.7 Å². The molecule has 5 heteroatoms. The average molecular weight is 260 g/mol. The first-order valence-electron chi connectivity index (χ1n) is 7.03. The second-order valence-electron chi connectivity index (χ2n) is 5.23. The van der Waals surface area contributed by atoms with Gasteiger partial charge >= 0.3 is 0 Å². The Balaban J connectivity index is 1.91. The van der Waals surface area contributed by atoms with Crippen LogP contribution in [0.4, 0.5) is 0 Å². The largest absolute Gasteiger partial charge is 0.342 e. The van der Waals surface area contributed by atoms with Gasteiger partial charge in [-0.15, -0.1) is 0 Å². The number of hydrogen-bond acceptors (Lipinski definition) is 4. The fraction of sp³-hybridized carbons (Fsp3) is 0.571. The zero-order valence-electron chi connectivity index (χ0n) is 11.0. The highest BCUT2D eigenvalue weighted by atomic mass is 16.5. The number of nitrogens with zero attached hydrogens (tertiary/aromatic N) is 3. The second kappa shape index (κ2) is 5.57. The molecule has 1 aliphatic carbocycles. The summed E-state index contributed by atoms with van der Waals surface area (Å²) >= 11 is 0. The number of hydrogen-bond donors (Lipinski definition) is 1. The third-order valence-electron chi connectivity index (χ3n) is 3.96. The van der Waals surface area contributed by atoms with Gasteiger partial charge in [-0.25, -0.2) is 0 Å². The van der Waals surface area contributed by atoms with Crippen molar-refractivity contribution in [3.05, 3.63) is 36.2 Å². The van der Waals surface area contributed by atoms with Crippen molar-refractivity contribution in [2.45, 2.75) is 44.7 Å². The molecule has 2 N–H and O–H groups in total. The number of nitrogens with two attached hydrogens (primary N) is 1. The van der Waals surface area contributed by atoms with E-state index in [0.717, 1.165) is 0 Å². The molecule has 0 radical (unpaired) electrons. The van der Waals surface area contributed by atoms with E-state index in [1.54, 1.807) is 0 Å². The Kier molecular flexibility index (Phi) is 3.64. The number of aromatic nitrogens is 3. The molecule has 19 heavy (non-hydrogen) atoms. The molecule has 0 aliphatic heterocycles. The van der Waals surface area contributed by atoms with Gasteiger partial charge in [0.05, 0.1) is 6.54 Å². The maximum Gasteiger partial charge on any atom is 0.250 e. The Hall–Kier alpha value is -1.62. The van der Waals surface area contributed by atoms with Crippen LogP contribution in [0, 0.1) is 5.92 Å². The molecular formula is C14H20N4O. The smallest absolute Gasteiger partial charge is 0.250 e. The highest BCUT2D eigenvalue weighted by molar-refractivity contribution is 5.03. The fourth-order valence-corrected chi connectivity index (χ4v) is 3.03. The Labute approximate surface area is 112 Å². The summed E-state index contributed by atoms with van der Waals surface area (Å²) in [7, 11) is 0. The molecule has 1 saturated carbocycles. The topological polar surface area (TPSA) is 69.9 Å². The predicted molar refractivity (Wildman–Crippen MR) is 71.3 cm³/mol. The summed E-state index contributed by atoms with van der Waals surface area (Å²) in [5.74, 6) is 1.86. The zero-order valence-corrected chi connectivity index (χ0v) is 11.0. The quantitative estimate of drug-likeness (QED) is 0.917. The molecule has 0 aromatic carbocycles. The summed E-state index contributed by atoms with van der Waals surface area (Å²) in [6.45, 7) is 0.326. The van der Waals surface area contributed by atoms with E-state index in [9.17, 15) is 0 Å².